The standard InChI is InChI=1S/C42H37N3S/c1-41(2,3)28-17-21-34-32(23-28)33-24-29(42(4,5)6)18-22-35(33)45(34)30-19-20-31-36(25-30)46-39-37(26-13-9-7-10-14-26)43-40(44-38(31)39)27-15-11-8-12-16-27/h7-25H,1-6H3. The normalized spacial score (nSPS) is 12.6. The smallest absolute Gasteiger partial charge is 0.160 e. The Kier molecular flexibility index (Phi) is 6.46. The van der Waals surface area contributed by atoms with Crippen LogP contribution in [0.2, 0.25) is 0 Å². The van der Waals surface area contributed by atoms with Crippen molar-refractivity contribution in [3.05, 3.63) is 126 Å². The maximum absolute atomic E-state index is 5.17. The topological polar surface area (TPSA) is 30.7 Å². The summed E-state index contributed by atoms with van der Waals surface area (Å²) >= 11 is 1.78. The molecule has 0 spiro atoms. The summed E-state index contributed by atoms with van der Waals surface area (Å²) in [5.41, 5.74) is 10.5. The highest BCUT2D eigenvalue weighted by molar-refractivity contribution is 7.26. The van der Waals surface area contributed by atoms with Gasteiger partial charge in [-0.2, -0.15) is 0 Å². The van der Waals surface area contributed by atoms with Crippen LogP contribution >= 0.6 is 11.3 Å². The minimum Gasteiger partial charge on any atom is -0.309 e. The average Bonchev–Trinajstić information content (AvgIpc) is 3.58. The fraction of sp³-hybridized carbons (Fsp3) is 0.190. The molecular formula is C42H37N3S. The first-order valence-corrected chi connectivity index (χ1v) is 16.8. The lowest BCUT2D eigenvalue weighted by Crippen LogP contribution is -2.10. The monoisotopic (exact) mass is 615 g/mol. The predicted molar refractivity (Wildman–Crippen MR) is 198 cm³/mol. The number of fused-ring (bicyclic) bond motifs is 6. The van der Waals surface area contributed by atoms with Gasteiger partial charge in [-0.05, 0) is 64.4 Å². The van der Waals surface area contributed by atoms with E-state index in [2.05, 4.69) is 143 Å². The average molecular weight is 616 g/mol. The van der Waals surface area contributed by atoms with Crippen LogP contribution in [0.3, 0.4) is 0 Å². The van der Waals surface area contributed by atoms with Crippen molar-refractivity contribution in [2.45, 2.75) is 52.4 Å². The minimum absolute atomic E-state index is 0.0658. The molecule has 0 amide bonds. The second-order valence-corrected chi connectivity index (χ2v) is 15.4. The van der Waals surface area contributed by atoms with Crippen LogP contribution in [0, 0.1) is 0 Å². The molecule has 0 saturated heterocycles. The van der Waals surface area contributed by atoms with Gasteiger partial charge in [0.15, 0.2) is 5.82 Å². The van der Waals surface area contributed by atoms with E-state index >= 15 is 0 Å². The number of aromatic nitrogens is 3. The first-order chi connectivity index (χ1) is 22.1. The second kappa shape index (κ2) is 10.4. The predicted octanol–water partition coefficient (Wildman–Crippen LogP) is 11.9. The highest BCUT2D eigenvalue weighted by Gasteiger charge is 2.22. The molecular weight excluding hydrogens is 579 g/mol. The Morgan fingerprint density at radius 1 is 0.543 bits per heavy atom. The molecule has 5 aromatic carbocycles. The molecule has 46 heavy (non-hydrogen) atoms. The van der Waals surface area contributed by atoms with E-state index in [4.69, 9.17) is 9.97 Å². The summed E-state index contributed by atoms with van der Waals surface area (Å²) in [6.07, 6.45) is 0. The SMILES string of the molecule is CC(C)(C)c1ccc2c(c1)c1cc(C(C)(C)C)ccc1n2-c1ccc2c(c1)sc1c(-c3ccccc3)nc(-c3ccccc3)nc12. The molecule has 0 unspecified atom stereocenters. The van der Waals surface area contributed by atoms with Gasteiger partial charge in [-0.15, -0.1) is 11.3 Å². The van der Waals surface area contributed by atoms with Crippen LogP contribution in [0.1, 0.15) is 52.7 Å². The van der Waals surface area contributed by atoms with Crippen LogP contribution in [0.4, 0.5) is 0 Å². The molecule has 8 rings (SSSR count). The van der Waals surface area contributed by atoms with Crippen LogP contribution < -0.4 is 0 Å². The van der Waals surface area contributed by atoms with Crippen molar-refractivity contribution in [2.75, 3.05) is 0 Å². The van der Waals surface area contributed by atoms with Crippen molar-refractivity contribution >= 4 is 53.4 Å². The van der Waals surface area contributed by atoms with E-state index in [0.29, 0.717) is 0 Å². The number of hydrogen-bond donors (Lipinski definition) is 0. The fourth-order valence-corrected chi connectivity index (χ4v) is 7.70. The van der Waals surface area contributed by atoms with Crippen molar-refractivity contribution in [2.24, 2.45) is 0 Å². The molecule has 0 bridgehead atoms. The molecule has 0 radical (unpaired) electrons. The van der Waals surface area contributed by atoms with E-state index in [1.165, 1.54) is 37.6 Å². The third-order valence-electron chi connectivity index (χ3n) is 9.13. The van der Waals surface area contributed by atoms with Crippen molar-refractivity contribution in [3.63, 3.8) is 0 Å². The molecule has 0 N–H and O–H groups in total. The van der Waals surface area contributed by atoms with E-state index in [1.54, 1.807) is 11.3 Å². The molecule has 4 heteroatoms. The Hall–Kier alpha value is -4.80. The molecule has 3 heterocycles. The van der Waals surface area contributed by atoms with Crippen LogP contribution in [-0.4, -0.2) is 14.5 Å². The minimum atomic E-state index is 0.0658. The molecule has 226 valence electrons. The number of rotatable bonds is 3. The van der Waals surface area contributed by atoms with Crippen molar-refractivity contribution in [3.8, 4) is 28.3 Å². The van der Waals surface area contributed by atoms with Gasteiger partial charge in [-0.3, -0.25) is 0 Å². The van der Waals surface area contributed by atoms with Gasteiger partial charge in [0.05, 0.1) is 26.9 Å². The van der Waals surface area contributed by atoms with Gasteiger partial charge in [0.25, 0.3) is 0 Å². The first-order valence-electron chi connectivity index (χ1n) is 16.0. The summed E-state index contributed by atoms with van der Waals surface area (Å²) in [5.74, 6) is 0.752. The summed E-state index contributed by atoms with van der Waals surface area (Å²) in [7, 11) is 0. The van der Waals surface area contributed by atoms with Gasteiger partial charge < -0.3 is 4.57 Å². The van der Waals surface area contributed by atoms with E-state index in [-0.39, 0.29) is 10.8 Å². The largest absolute Gasteiger partial charge is 0.309 e. The number of thiophene rings is 1. The van der Waals surface area contributed by atoms with Crippen LogP contribution in [0.25, 0.3) is 70.4 Å². The Bertz CT molecular complexity index is 2350. The summed E-state index contributed by atoms with van der Waals surface area (Å²) in [6, 6.07) is 41.7. The van der Waals surface area contributed by atoms with Gasteiger partial charge in [-0.25, -0.2) is 9.97 Å². The van der Waals surface area contributed by atoms with E-state index in [0.717, 1.165) is 43.9 Å². The van der Waals surface area contributed by atoms with E-state index in [9.17, 15) is 0 Å². The number of nitrogens with zero attached hydrogens (tertiary/aromatic N) is 3. The first kappa shape index (κ1) is 28.7. The molecule has 0 saturated carbocycles. The molecule has 3 nitrogen and oxygen atoms in total. The van der Waals surface area contributed by atoms with Crippen LogP contribution in [0.5, 0.6) is 0 Å². The number of benzene rings is 5. The Labute approximate surface area is 274 Å². The zero-order valence-corrected chi connectivity index (χ0v) is 28.0. The molecule has 8 aromatic rings. The van der Waals surface area contributed by atoms with Crippen molar-refractivity contribution in [1.29, 1.82) is 0 Å². The summed E-state index contributed by atoms with van der Waals surface area (Å²) in [4.78, 5) is 10.3. The van der Waals surface area contributed by atoms with Gasteiger partial charge in [0.2, 0.25) is 0 Å². The third kappa shape index (κ3) is 4.71. The zero-order valence-electron chi connectivity index (χ0n) is 27.2. The Morgan fingerprint density at radius 2 is 1.11 bits per heavy atom. The lowest BCUT2D eigenvalue weighted by Gasteiger charge is -2.19. The number of hydrogen-bond acceptors (Lipinski definition) is 3. The Balaban J connectivity index is 1.39. The van der Waals surface area contributed by atoms with Gasteiger partial charge in [0.1, 0.15) is 0 Å². The van der Waals surface area contributed by atoms with Gasteiger partial charge in [-0.1, -0.05) is 114 Å². The highest BCUT2D eigenvalue weighted by Crippen LogP contribution is 2.42. The second-order valence-electron chi connectivity index (χ2n) is 14.4. The Morgan fingerprint density at radius 3 is 1.67 bits per heavy atom. The molecule has 0 atom stereocenters. The van der Waals surface area contributed by atoms with Gasteiger partial charge >= 0.3 is 0 Å². The lowest BCUT2D eigenvalue weighted by atomic mass is 9.85. The van der Waals surface area contributed by atoms with Crippen LogP contribution in [-0.2, 0) is 10.8 Å². The maximum atomic E-state index is 5.17. The van der Waals surface area contributed by atoms with Crippen LogP contribution in [0.15, 0.2) is 115 Å². The van der Waals surface area contributed by atoms with Crippen molar-refractivity contribution < 1.29 is 0 Å². The third-order valence-corrected chi connectivity index (χ3v) is 10.3. The van der Waals surface area contributed by atoms with E-state index in [1.807, 2.05) is 18.2 Å². The molecule has 3 aromatic heterocycles. The summed E-state index contributed by atoms with van der Waals surface area (Å²) in [6.45, 7) is 13.7. The molecule has 0 aliphatic rings. The van der Waals surface area contributed by atoms with Gasteiger partial charge in [0, 0.05) is 37.7 Å². The maximum Gasteiger partial charge on any atom is 0.160 e. The van der Waals surface area contributed by atoms with E-state index < -0.39 is 0 Å². The fourth-order valence-electron chi connectivity index (χ4n) is 6.51. The molecule has 0 aliphatic carbocycles. The highest BCUT2D eigenvalue weighted by atomic mass is 32.1. The molecule has 0 fully saturated rings. The molecule has 0 aliphatic heterocycles. The quantitative estimate of drug-likeness (QED) is 0.198. The summed E-state index contributed by atoms with van der Waals surface area (Å²) < 4.78 is 4.76. The zero-order chi connectivity index (χ0) is 31.8. The summed E-state index contributed by atoms with van der Waals surface area (Å²) in [5, 5.41) is 3.76. The lowest BCUT2D eigenvalue weighted by molar-refractivity contribution is 0.590. The van der Waals surface area contributed by atoms with Crippen molar-refractivity contribution in [1.82, 2.24) is 14.5 Å².